The molecule has 0 amide bonds. The molecule has 6 rings (SSSR count). The van der Waals surface area contributed by atoms with Gasteiger partial charge in [0.25, 0.3) is 11.5 Å². The first-order valence-electron chi connectivity index (χ1n) is 12.8. The van der Waals surface area contributed by atoms with Crippen molar-refractivity contribution in [3.05, 3.63) is 53.1 Å². The lowest BCUT2D eigenvalue weighted by atomic mass is 9.93. The van der Waals surface area contributed by atoms with E-state index in [9.17, 15) is 22.0 Å². The summed E-state index contributed by atoms with van der Waals surface area (Å²) >= 11 is 0. The van der Waals surface area contributed by atoms with Crippen molar-refractivity contribution in [3.63, 3.8) is 0 Å². The number of benzene rings is 1. The number of sulfonamides is 1. The number of alkyl halides is 2. The second kappa shape index (κ2) is 9.30. The van der Waals surface area contributed by atoms with E-state index in [4.69, 9.17) is 5.11 Å². The number of nitrogens with zero attached hydrogens (tertiary/aromatic N) is 6. The van der Waals surface area contributed by atoms with Gasteiger partial charge in [0.15, 0.2) is 0 Å². The van der Waals surface area contributed by atoms with Crippen molar-refractivity contribution >= 4 is 21.4 Å². The van der Waals surface area contributed by atoms with Crippen molar-refractivity contribution < 1.29 is 22.3 Å². The smallest absolute Gasteiger partial charge is 0.286 e. The summed E-state index contributed by atoms with van der Waals surface area (Å²) in [6, 6.07) is 8.01. The molecule has 1 aliphatic carbocycles. The van der Waals surface area contributed by atoms with E-state index in [0.29, 0.717) is 22.4 Å². The first kappa shape index (κ1) is 25.7. The minimum absolute atomic E-state index is 0.390. The topological polar surface area (TPSA) is 126 Å². The maximum absolute atomic E-state index is 13.4. The first-order chi connectivity index (χ1) is 18.6. The summed E-state index contributed by atoms with van der Waals surface area (Å²) in [5.74, 6) is -3.24. The van der Waals surface area contributed by atoms with Gasteiger partial charge in [0.05, 0.1) is 41.3 Å². The number of aliphatic hydroxyl groups is 1. The third-order valence-corrected chi connectivity index (χ3v) is 9.00. The summed E-state index contributed by atoms with van der Waals surface area (Å²) < 4.78 is 55.5. The fourth-order valence-corrected chi connectivity index (χ4v) is 6.08. The molecule has 3 fully saturated rings. The number of aliphatic hydroxyl groups excluding tert-OH is 1. The highest BCUT2D eigenvalue weighted by molar-refractivity contribution is 7.92. The van der Waals surface area contributed by atoms with Gasteiger partial charge < -0.3 is 10.0 Å². The van der Waals surface area contributed by atoms with Gasteiger partial charge in [-0.1, -0.05) is 0 Å². The van der Waals surface area contributed by atoms with Crippen LogP contribution in [0.1, 0.15) is 25.7 Å². The van der Waals surface area contributed by atoms with Gasteiger partial charge in [0.1, 0.15) is 13.1 Å². The lowest BCUT2D eigenvalue weighted by Gasteiger charge is -2.39. The fourth-order valence-electron chi connectivity index (χ4n) is 5.25. The first-order valence-corrected chi connectivity index (χ1v) is 14.5. The average Bonchev–Trinajstić information content (AvgIpc) is 3.43. The molecule has 14 heteroatoms. The van der Waals surface area contributed by atoms with E-state index in [0.717, 1.165) is 42.1 Å². The van der Waals surface area contributed by atoms with Crippen LogP contribution in [0.25, 0.3) is 16.9 Å². The SMILES string of the molecule is O=c1ccc(-c2cnn(-c3ccc(NS(=O)(=O)CCO)cc3N3CCC4(CC3)CC4)c2)nn1N1CC(F)(F)C1. The largest absolute Gasteiger partial charge is 0.395 e. The molecular formula is C25H29F2N7O4S. The molecule has 2 N–H and O–H groups in total. The molecule has 1 saturated carbocycles. The second-order valence-electron chi connectivity index (χ2n) is 10.6. The van der Waals surface area contributed by atoms with E-state index in [-0.39, 0.29) is 0 Å². The van der Waals surface area contributed by atoms with Crippen LogP contribution in [0.5, 0.6) is 0 Å². The third-order valence-electron chi connectivity index (χ3n) is 7.73. The van der Waals surface area contributed by atoms with E-state index in [2.05, 4.69) is 19.8 Å². The van der Waals surface area contributed by atoms with Crippen molar-refractivity contribution in [2.45, 2.75) is 31.6 Å². The van der Waals surface area contributed by atoms with Gasteiger partial charge in [-0.2, -0.15) is 5.10 Å². The van der Waals surface area contributed by atoms with Crippen LogP contribution in [-0.2, 0) is 10.0 Å². The molecule has 208 valence electrons. The van der Waals surface area contributed by atoms with Crippen LogP contribution in [0.15, 0.2) is 47.5 Å². The average molecular weight is 562 g/mol. The molecule has 3 aromatic rings. The summed E-state index contributed by atoms with van der Waals surface area (Å²) in [4.78, 5) is 15.4. The highest BCUT2D eigenvalue weighted by Crippen LogP contribution is 2.54. The lowest BCUT2D eigenvalue weighted by molar-refractivity contribution is -0.0439. The predicted molar refractivity (Wildman–Crippen MR) is 142 cm³/mol. The Morgan fingerprint density at radius 3 is 2.44 bits per heavy atom. The van der Waals surface area contributed by atoms with Crippen LogP contribution in [0.4, 0.5) is 20.2 Å². The van der Waals surface area contributed by atoms with Gasteiger partial charge in [-0.25, -0.2) is 21.9 Å². The Labute approximate surface area is 223 Å². The zero-order chi connectivity index (χ0) is 27.4. The molecular weight excluding hydrogens is 532 g/mol. The Morgan fingerprint density at radius 2 is 1.77 bits per heavy atom. The maximum Gasteiger partial charge on any atom is 0.286 e. The molecule has 1 spiro atoms. The number of hydrogen-bond acceptors (Lipinski definition) is 8. The normalized spacial score (nSPS) is 19.7. The van der Waals surface area contributed by atoms with Gasteiger partial charge in [-0.05, 0) is 55.4 Å². The Morgan fingerprint density at radius 1 is 1.03 bits per heavy atom. The third kappa shape index (κ3) is 5.22. The molecule has 11 nitrogen and oxygen atoms in total. The van der Waals surface area contributed by atoms with Crippen LogP contribution in [0.3, 0.4) is 0 Å². The van der Waals surface area contributed by atoms with E-state index < -0.39 is 47.0 Å². The Bertz CT molecular complexity index is 1550. The van der Waals surface area contributed by atoms with Crippen molar-refractivity contribution in [3.8, 4) is 16.9 Å². The molecule has 39 heavy (non-hydrogen) atoms. The zero-order valence-electron chi connectivity index (χ0n) is 21.1. The molecule has 1 aromatic carbocycles. The summed E-state index contributed by atoms with van der Waals surface area (Å²) in [7, 11) is -3.70. The number of halogens is 2. The molecule has 0 atom stereocenters. The number of anilines is 2. The van der Waals surface area contributed by atoms with Crippen molar-refractivity contribution in [2.75, 3.05) is 53.2 Å². The Balaban J connectivity index is 1.32. The van der Waals surface area contributed by atoms with Crippen molar-refractivity contribution in [2.24, 2.45) is 5.41 Å². The van der Waals surface area contributed by atoms with Crippen LogP contribution in [0.2, 0.25) is 0 Å². The molecule has 0 unspecified atom stereocenters. The van der Waals surface area contributed by atoms with E-state index in [1.54, 1.807) is 35.3 Å². The van der Waals surface area contributed by atoms with E-state index >= 15 is 0 Å². The zero-order valence-corrected chi connectivity index (χ0v) is 21.9. The highest BCUT2D eigenvalue weighted by Gasteiger charge is 2.46. The van der Waals surface area contributed by atoms with Crippen LogP contribution >= 0.6 is 0 Å². The predicted octanol–water partition coefficient (Wildman–Crippen LogP) is 1.80. The quantitative estimate of drug-likeness (QED) is 0.427. The van der Waals surface area contributed by atoms with Gasteiger partial charge in [-0.15, -0.1) is 9.89 Å². The number of rotatable bonds is 8. The maximum atomic E-state index is 13.4. The Hall–Kier alpha value is -3.52. The van der Waals surface area contributed by atoms with Crippen molar-refractivity contribution in [1.29, 1.82) is 0 Å². The molecule has 2 saturated heterocycles. The summed E-state index contributed by atoms with van der Waals surface area (Å²) in [5, 5.41) is 19.1. The van der Waals surface area contributed by atoms with Gasteiger partial charge in [-0.3, -0.25) is 14.5 Å². The number of nitrogens with one attached hydrogen (secondary N) is 1. The van der Waals surface area contributed by atoms with E-state index in [1.807, 2.05) is 0 Å². The summed E-state index contributed by atoms with van der Waals surface area (Å²) in [6.45, 7) is 0.0447. The monoisotopic (exact) mass is 561 g/mol. The summed E-state index contributed by atoms with van der Waals surface area (Å²) in [6.07, 6.45) is 7.96. The minimum Gasteiger partial charge on any atom is -0.395 e. The summed E-state index contributed by atoms with van der Waals surface area (Å²) in [5.41, 5.74) is 2.87. The van der Waals surface area contributed by atoms with Gasteiger partial charge >= 0.3 is 0 Å². The van der Waals surface area contributed by atoms with Crippen LogP contribution < -0.4 is 20.2 Å². The van der Waals surface area contributed by atoms with Crippen molar-refractivity contribution in [1.82, 2.24) is 19.7 Å². The Kier molecular flexibility index (Phi) is 6.14. The standard InChI is InChI=1S/C25H29F2N7O4S/c26-25(27)16-32(17-25)34-23(36)4-2-20(29-34)18-14-28-33(15-18)21-3-1-19(30-39(37,38)12-11-35)13-22(21)31-9-7-24(5-6-24)8-10-31/h1-4,13-15,30,35H,5-12,16-17H2. The fraction of sp³-hybridized carbons (Fsp3) is 0.480. The molecule has 4 heterocycles. The molecule has 3 aliphatic rings. The molecule has 2 aromatic heterocycles. The van der Waals surface area contributed by atoms with Gasteiger partial charge in [0, 0.05) is 30.9 Å². The second-order valence-corrected chi connectivity index (χ2v) is 12.5. The van der Waals surface area contributed by atoms with Crippen LogP contribution in [0, 0.1) is 5.41 Å². The minimum atomic E-state index is -3.70. The van der Waals surface area contributed by atoms with E-state index in [1.165, 1.54) is 30.0 Å². The molecule has 2 aliphatic heterocycles. The molecule has 0 radical (unpaired) electrons. The lowest BCUT2D eigenvalue weighted by Crippen LogP contribution is -2.64. The number of piperidine rings is 1. The number of aromatic nitrogens is 4. The van der Waals surface area contributed by atoms with Crippen LogP contribution in [-0.4, -0.2) is 77.7 Å². The molecule has 0 bridgehead atoms. The highest BCUT2D eigenvalue weighted by atomic mass is 32.2. The van der Waals surface area contributed by atoms with Gasteiger partial charge in [0.2, 0.25) is 10.0 Å². The number of hydrogen-bond donors (Lipinski definition) is 2.